The molecule has 2 saturated heterocycles. The van der Waals surface area contributed by atoms with Gasteiger partial charge in [0.2, 0.25) is 5.91 Å². The average Bonchev–Trinajstić information content (AvgIpc) is 3.42. The third-order valence-electron chi connectivity index (χ3n) is 5.89. The number of aromatic nitrogens is 2. The van der Waals surface area contributed by atoms with Crippen molar-refractivity contribution in [3.63, 3.8) is 0 Å². The third-order valence-corrected chi connectivity index (χ3v) is 6.90. The van der Waals surface area contributed by atoms with Crippen molar-refractivity contribution >= 4 is 27.6 Å². The van der Waals surface area contributed by atoms with Crippen molar-refractivity contribution in [2.75, 3.05) is 26.2 Å². The molecular weight excluding hydrogens is 384 g/mol. The SMILES string of the molecule is CC(=O)N1CC2CC1CN2CCOc1ccc(Cc2nc3ncccc3s2)cc1. The van der Waals surface area contributed by atoms with Crippen molar-refractivity contribution in [2.24, 2.45) is 0 Å². The second-order valence-electron chi connectivity index (χ2n) is 7.81. The lowest BCUT2D eigenvalue weighted by Crippen LogP contribution is -2.48. The highest BCUT2D eigenvalue weighted by Gasteiger charge is 2.43. The largest absolute Gasteiger partial charge is 0.492 e. The molecule has 29 heavy (non-hydrogen) atoms. The molecule has 0 saturated carbocycles. The lowest BCUT2D eigenvalue weighted by Gasteiger charge is -2.33. The van der Waals surface area contributed by atoms with E-state index < -0.39 is 0 Å². The summed E-state index contributed by atoms with van der Waals surface area (Å²) in [6, 6.07) is 13.2. The minimum Gasteiger partial charge on any atom is -0.492 e. The first-order chi connectivity index (χ1) is 14.2. The van der Waals surface area contributed by atoms with Crippen LogP contribution in [0.1, 0.15) is 23.9 Å². The number of amides is 1. The maximum atomic E-state index is 11.6. The Kier molecular flexibility index (Phi) is 4.93. The van der Waals surface area contributed by atoms with Gasteiger partial charge in [0.1, 0.15) is 17.4 Å². The normalized spacial score (nSPS) is 21.2. The van der Waals surface area contributed by atoms with Gasteiger partial charge in [0.25, 0.3) is 0 Å². The number of nitrogens with zero attached hydrogens (tertiary/aromatic N) is 4. The van der Waals surface area contributed by atoms with Crippen molar-refractivity contribution in [1.82, 2.24) is 19.8 Å². The molecule has 3 aromatic rings. The van der Waals surface area contributed by atoms with Crippen LogP contribution in [0.2, 0.25) is 0 Å². The summed E-state index contributed by atoms with van der Waals surface area (Å²) < 4.78 is 7.09. The van der Waals surface area contributed by atoms with E-state index in [-0.39, 0.29) is 5.91 Å². The molecule has 7 heteroatoms. The van der Waals surface area contributed by atoms with Crippen molar-refractivity contribution in [3.8, 4) is 5.75 Å². The highest BCUT2D eigenvalue weighted by atomic mass is 32.1. The lowest BCUT2D eigenvalue weighted by atomic mass is 10.1. The molecule has 2 bridgehead atoms. The minimum absolute atomic E-state index is 0.204. The molecule has 0 aliphatic carbocycles. The van der Waals surface area contributed by atoms with Crippen molar-refractivity contribution < 1.29 is 9.53 Å². The zero-order valence-corrected chi connectivity index (χ0v) is 17.3. The molecule has 1 aromatic carbocycles. The van der Waals surface area contributed by atoms with E-state index in [0.29, 0.717) is 18.7 Å². The van der Waals surface area contributed by atoms with Crippen LogP contribution in [-0.4, -0.2) is 64.0 Å². The Balaban J connectivity index is 1.11. The van der Waals surface area contributed by atoms with Crippen LogP contribution in [0.15, 0.2) is 42.6 Å². The first-order valence-electron chi connectivity index (χ1n) is 10.1. The van der Waals surface area contributed by atoms with E-state index in [9.17, 15) is 4.79 Å². The number of benzene rings is 1. The van der Waals surface area contributed by atoms with Gasteiger partial charge in [-0.05, 0) is 36.2 Å². The van der Waals surface area contributed by atoms with E-state index >= 15 is 0 Å². The molecule has 2 fully saturated rings. The molecule has 6 nitrogen and oxygen atoms in total. The second kappa shape index (κ2) is 7.72. The van der Waals surface area contributed by atoms with E-state index in [1.165, 1.54) is 5.56 Å². The van der Waals surface area contributed by atoms with Crippen molar-refractivity contribution in [3.05, 3.63) is 53.2 Å². The Hall–Kier alpha value is -2.51. The van der Waals surface area contributed by atoms with Gasteiger partial charge in [0.05, 0.1) is 4.70 Å². The number of rotatable bonds is 6. The highest BCUT2D eigenvalue weighted by molar-refractivity contribution is 7.18. The average molecular weight is 409 g/mol. The number of hydrogen-bond donors (Lipinski definition) is 0. The number of hydrogen-bond acceptors (Lipinski definition) is 6. The van der Waals surface area contributed by atoms with Crippen LogP contribution in [0.3, 0.4) is 0 Å². The standard InChI is InChI=1S/C22H24N4O2S/c1-15(27)26-14-17-12-18(26)13-25(17)9-10-28-19-6-4-16(5-7-19)11-21-24-22-20(29-21)3-2-8-23-22/h2-8,17-18H,9-14H2,1H3. The number of carbonyl (C=O) groups is 1. The van der Waals surface area contributed by atoms with Crippen LogP contribution in [-0.2, 0) is 11.2 Å². The Morgan fingerprint density at radius 2 is 2.07 bits per heavy atom. The van der Waals surface area contributed by atoms with Gasteiger partial charge in [0.15, 0.2) is 5.65 Å². The number of carbonyl (C=O) groups excluding carboxylic acids is 1. The quantitative estimate of drug-likeness (QED) is 0.628. The van der Waals surface area contributed by atoms with E-state index in [1.54, 1.807) is 24.5 Å². The van der Waals surface area contributed by atoms with Crippen LogP contribution >= 0.6 is 11.3 Å². The molecule has 2 aliphatic rings. The summed E-state index contributed by atoms with van der Waals surface area (Å²) in [5, 5.41) is 1.08. The summed E-state index contributed by atoms with van der Waals surface area (Å²) in [5.74, 6) is 1.10. The third kappa shape index (κ3) is 3.84. The summed E-state index contributed by atoms with van der Waals surface area (Å²) >= 11 is 1.70. The smallest absolute Gasteiger partial charge is 0.219 e. The first-order valence-corrected chi connectivity index (χ1v) is 10.9. The fourth-order valence-corrected chi connectivity index (χ4v) is 5.42. The predicted molar refractivity (Wildman–Crippen MR) is 113 cm³/mol. The van der Waals surface area contributed by atoms with Gasteiger partial charge in [-0.1, -0.05) is 12.1 Å². The molecule has 2 aromatic heterocycles. The Morgan fingerprint density at radius 3 is 2.79 bits per heavy atom. The zero-order chi connectivity index (χ0) is 19.8. The predicted octanol–water partition coefficient (Wildman–Crippen LogP) is 2.97. The van der Waals surface area contributed by atoms with Gasteiger partial charge < -0.3 is 9.64 Å². The topological polar surface area (TPSA) is 58.6 Å². The molecule has 2 unspecified atom stereocenters. The monoisotopic (exact) mass is 408 g/mol. The van der Waals surface area contributed by atoms with Crippen LogP contribution in [0.4, 0.5) is 0 Å². The number of piperazine rings is 1. The maximum absolute atomic E-state index is 11.6. The van der Waals surface area contributed by atoms with Gasteiger partial charge in [-0.15, -0.1) is 11.3 Å². The number of thiazole rings is 1. The maximum Gasteiger partial charge on any atom is 0.219 e. The van der Waals surface area contributed by atoms with Gasteiger partial charge in [-0.3, -0.25) is 9.69 Å². The highest BCUT2D eigenvalue weighted by Crippen LogP contribution is 2.30. The zero-order valence-electron chi connectivity index (χ0n) is 16.5. The molecular formula is C22H24N4O2S. The van der Waals surface area contributed by atoms with Gasteiger partial charge in [0, 0.05) is 51.3 Å². The van der Waals surface area contributed by atoms with Crippen LogP contribution < -0.4 is 4.74 Å². The fourth-order valence-electron chi connectivity index (χ4n) is 4.46. The van der Waals surface area contributed by atoms with Crippen LogP contribution in [0.25, 0.3) is 10.3 Å². The van der Waals surface area contributed by atoms with E-state index in [0.717, 1.165) is 53.6 Å². The number of ether oxygens (including phenoxy) is 1. The molecule has 150 valence electrons. The van der Waals surface area contributed by atoms with Gasteiger partial charge in [-0.2, -0.15) is 0 Å². The van der Waals surface area contributed by atoms with Crippen molar-refractivity contribution in [1.29, 1.82) is 0 Å². The summed E-state index contributed by atoms with van der Waals surface area (Å²) in [4.78, 5) is 25.0. The molecule has 0 radical (unpaired) electrons. The molecule has 5 rings (SSSR count). The number of pyridine rings is 1. The number of likely N-dealkylation sites (tertiary alicyclic amines) is 2. The molecule has 2 atom stereocenters. The van der Waals surface area contributed by atoms with Crippen LogP contribution in [0.5, 0.6) is 5.75 Å². The van der Waals surface area contributed by atoms with Crippen molar-refractivity contribution in [2.45, 2.75) is 31.8 Å². The number of fused-ring (bicyclic) bond motifs is 3. The lowest BCUT2D eigenvalue weighted by molar-refractivity contribution is -0.131. The second-order valence-corrected chi connectivity index (χ2v) is 8.93. The molecule has 0 N–H and O–H groups in total. The fraction of sp³-hybridized carbons (Fsp3) is 0.409. The molecule has 2 aliphatic heterocycles. The first kappa shape index (κ1) is 18.5. The van der Waals surface area contributed by atoms with E-state index in [2.05, 4.69) is 33.1 Å². The summed E-state index contributed by atoms with van der Waals surface area (Å²) in [6.07, 6.45) is 3.70. The van der Waals surface area contributed by atoms with E-state index in [1.807, 2.05) is 23.1 Å². The molecule has 1 amide bonds. The Labute approximate surface area is 174 Å². The van der Waals surface area contributed by atoms with Gasteiger partial charge >= 0.3 is 0 Å². The van der Waals surface area contributed by atoms with Gasteiger partial charge in [-0.25, -0.2) is 9.97 Å². The summed E-state index contributed by atoms with van der Waals surface area (Å²) in [6.45, 7) is 5.10. The summed E-state index contributed by atoms with van der Waals surface area (Å²) in [5.41, 5.74) is 2.05. The Bertz CT molecular complexity index is 986. The summed E-state index contributed by atoms with van der Waals surface area (Å²) in [7, 11) is 0. The van der Waals surface area contributed by atoms with E-state index in [4.69, 9.17) is 4.74 Å². The van der Waals surface area contributed by atoms with Crippen LogP contribution in [0, 0.1) is 0 Å². The molecule has 4 heterocycles. The molecule has 0 spiro atoms. The Morgan fingerprint density at radius 1 is 1.21 bits per heavy atom. The minimum atomic E-state index is 0.204.